The average molecular weight is 139 g/mol. The Hall–Kier alpha value is -0.0900. The predicted molar refractivity (Wildman–Crippen MR) is 42.2 cm³/mol. The Kier molecular flexibility index (Phi) is 2.08. The minimum Gasteiger partial charge on any atom is -0.119 e. The van der Waals surface area contributed by atoms with Crippen LogP contribution in [-0.4, -0.2) is 4.75 Å². The van der Waals surface area contributed by atoms with E-state index in [1.807, 2.05) is 0 Å². The number of terminal acetylenes is 1. The van der Waals surface area contributed by atoms with Crippen LogP contribution in [0.5, 0.6) is 0 Å². The van der Waals surface area contributed by atoms with Gasteiger partial charge in [0.15, 0.2) is 0 Å². The van der Waals surface area contributed by atoms with E-state index in [0.29, 0.717) is 0 Å². The highest BCUT2D eigenvalue weighted by Gasteiger charge is 2.25. The van der Waals surface area contributed by atoms with Gasteiger partial charge < -0.3 is 0 Å². The molecule has 0 N–H and O–H groups in total. The van der Waals surface area contributed by atoms with E-state index in [1.54, 1.807) is 0 Å². The van der Waals surface area contributed by atoms with Gasteiger partial charge in [-0.15, -0.1) is 6.42 Å². The molecule has 0 amide bonds. The molecule has 0 aromatic heterocycles. The van der Waals surface area contributed by atoms with Gasteiger partial charge in [-0.25, -0.2) is 0 Å². The minimum atomic E-state index is -0.168. The van der Waals surface area contributed by atoms with Crippen molar-refractivity contribution in [2.45, 2.75) is 36.9 Å². The number of hydrogen-bond acceptors (Lipinski definition) is 0. The molecule has 0 aromatic rings. The molecule has 1 radical (unpaired) electrons. The summed E-state index contributed by atoms with van der Waals surface area (Å²) in [4.78, 5) is 0. The van der Waals surface area contributed by atoms with Crippen LogP contribution in [0.2, 0.25) is 0 Å². The molecule has 1 aliphatic carbocycles. The first-order valence-corrected chi connectivity index (χ1v) is 3.86. The summed E-state index contributed by atoms with van der Waals surface area (Å²) >= 11 is 5.22. The van der Waals surface area contributed by atoms with Gasteiger partial charge in [-0.05, 0) is 12.8 Å². The Morgan fingerprint density at radius 3 is 2.11 bits per heavy atom. The molecule has 49 valence electrons. The quantitative estimate of drug-likeness (QED) is 0.452. The summed E-state index contributed by atoms with van der Waals surface area (Å²) in [6.45, 7) is 0. The van der Waals surface area contributed by atoms with Gasteiger partial charge in [-0.3, -0.25) is 0 Å². The van der Waals surface area contributed by atoms with Crippen molar-refractivity contribution < 1.29 is 0 Å². The van der Waals surface area contributed by atoms with Crippen molar-refractivity contribution in [3.63, 3.8) is 0 Å². The fourth-order valence-corrected chi connectivity index (χ4v) is 1.56. The van der Waals surface area contributed by atoms with Crippen LogP contribution < -0.4 is 0 Å². The highest BCUT2D eigenvalue weighted by atomic mass is 32.1. The van der Waals surface area contributed by atoms with Gasteiger partial charge in [0.2, 0.25) is 0 Å². The highest BCUT2D eigenvalue weighted by Crippen LogP contribution is 2.32. The lowest BCUT2D eigenvalue weighted by molar-refractivity contribution is 0.465. The molecule has 1 heteroatoms. The third kappa shape index (κ3) is 1.66. The van der Waals surface area contributed by atoms with E-state index in [2.05, 4.69) is 5.92 Å². The molecule has 1 rings (SSSR count). The largest absolute Gasteiger partial charge is 0.119 e. The van der Waals surface area contributed by atoms with Gasteiger partial charge in [0.1, 0.15) is 0 Å². The molecule has 0 atom stereocenters. The lowest BCUT2D eigenvalue weighted by atomic mass is 9.89. The van der Waals surface area contributed by atoms with Gasteiger partial charge >= 0.3 is 0 Å². The Labute approximate surface area is 62.4 Å². The number of hydrogen-bond donors (Lipinski definition) is 0. The van der Waals surface area contributed by atoms with Crippen LogP contribution in [0.15, 0.2) is 0 Å². The van der Waals surface area contributed by atoms with Crippen LogP contribution in [0.25, 0.3) is 0 Å². The summed E-state index contributed by atoms with van der Waals surface area (Å²) in [5.74, 6) is 2.70. The van der Waals surface area contributed by atoms with Crippen molar-refractivity contribution in [3.8, 4) is 12.3 Å². The fourth-order valence-electron chi connectivity index (χ4n) is 1.27. The van der Waals surface area contributed by atoms with E-state index in [0.717, 1.165) is 12.8 Å². The molecule has 0 saturated heterocycles. The maximum atomic E-state index is 5.28. The lowest BCUT2D eigenvalue weighted by Crippen LogP contribution is -2.21. The van der Waals surface area contributed by atoms with Crippen molar-refractivity contribution in [2.75, 3.05) is 0 Å². The smallest absolute Gasteiger partial charge is 0.0865 e. The summed E-state index contributed by atoms with van der Waals surface area (Å²) in [5, 5.41) is 0. The van der Waals surface area contributed by atoms with Gasteiger partial charge in [0.05, 0.1) is 4.75 Å². The van der Waals surface area contributed by atoms with Crippen LogP contribution in [0, 0.1) is 12.3 Å². The highest BCUT2D eigenvalue weighted by molar-refractivity contribution is 7.82. The summed E-state index contributed by atoms with van der Waals surface area (Å²) in [5.41, 5.74) is 0. The molecule has 0 aromatic carbocycles. The molecule has 0 nitrogen and oxygen atoms in total. The van der Waals surface area contributed by atoms with E-state index in [4.69, 9.17) is 19.1 Å². The second kappa shape index (κ2) is 2.66. The monoisotopic (exact) mass is 139 g/mol. The normalized spacial score (nSPS) is 24.9. The molecular formula is C8H11S. The van der Waals surface area contributed by atoms with Crippen molar-refractivity contribution in [1.82, 2.24) is 0 Å². The minimum absolute atomic E-state index is 0.168. The van der Waals surface area contributed by atoms with Crippen LogP contribution >= 0.6 is 12.6 Å². The maximum Gasteiger partial charge on any atom is 0.0865 e. The van der Waals surface area contributed by atoms with E-state index in [-0.39, 0.29) is 4.75 Å². The number of rotatable bonds is 0. The third-order valence-electron chi connectivity index (χ3n) is 1.92. The third-order valence-corrected chi connectivity index (χ3v) is 2.45. The lowest BCUT2D eigenvalue weighted by Gasteiger charge is -2.25. The molecule has 1 fully saturated rings. The molecule has 0 heterocycles. The zero-order valence-electron chi connectivity index (χ0n) is 5.52. The average Bonchev–Trinajstić information content (AvgIpc) is 1.90. The van der Waals surface area contributed by atoms with Crippen LogP contribution in [0.3, 0.4) is 0 Å². The molecule has 9 heavy (non-hydrogen) atoms. The van der Waals surface area contributed by atoms with Gasteiger partial charge in [-0.1, -0.05) is 37.8 Å². The van der Waals surface area contributed by atoms with Crippen molar-refractivity contribution in [2.24, 2.45) is 0 Å². The van der Waals surface area contributed by atoms with Gasteiger partial charge in [0, 0.05) is 0 Å². The molecule has 0 bridgehead atoms. The zero-order chi connectivity index (χ0) is 6.74. The van der Waals surface area contributed by atoms with E-state index in [9.17, 15) is 0 Å². The molecule has 0 unspecified atom stereocenters. The summed E-state index contributed by atoms with van der Waals surface area (Å²) in [6.07, 6.45) is 11.2. The summed E-state index contributed by atoms with van der Waals surface area (Å²) < 4.78 is -0.168. The van der Waals surface area contributed by atoms with Gasteiger partial charge in [0.25, 0.3) is 0 Å². The van der Waals surface area contributed by atoms with E-state index < -0.39 is 0 Å². The molecule has 0 spiro atoms. The second-order valence-corrected chi connectivity index (χ2v) is 3.48. The first-order valence-electron chi connectivity index (χ1n) is 3.45. The fraction of sp³-hybridized carbons (Fsp3) is 0.750. The molecule has 1 saturated carbocycles. The Morgan fingerprint density at radius 1 is 1.22 bits per heavy atom. The van der Waals surface area contributed by atoms with E-state index in [1.165, 1.54) is 19.3 Å². The Bertz CT molecular complexity index is 126. The molecule has 0 aliphatic heterocycles. The standard InChI is InChI=1S/C8H11S/c1-2-8(9)6-4-3-5-7-8/h1H,3-7H2. The summed E-state index contributed by atoms with van der Waals surface area (Å²) in [7, 11) is 0. The van der Waals surface area contributed by atoms with Crippen molar-refractivity contribution in [1.29, 1.82) is 0 Å². The van der Waals surface area contributed by atoms with Crippen molar-refractivity contribution in [3.05, 3.63) is 0 Å². The Balaban J connectivity index is 2.49. The first kappa shape index (κ1) is 7.02. The SMILES string of the molecule is C#CC1([S])CCCCC1. The van der Waals surface area contributed by atoms with Crippen LogP contribution in [0.4, 0.5) is 0 Å². The topological polar surface area (TPSA) is 0 Å². The first-order chi connectivity index (χ1) is 4.27. The molecular weight excluding hydrogens is 128 g/mol. The predicted octanol–water partition coefficient (Wildman–Crippen LogP) is 2.52. The Morgan fingerprint density at radius 2 is 1.78 bits per heavy atom. The maximum absolute atomic E-state index is 5.28. The van der Waals surface area contributed by atoms with Crippen LogP contribution in [0.1, 0.15) is 32.1 Å². The van der Waals surface area contributed by atoms with Crippen molar-refractivity contribution >= 4 is 12.6 Å². The summed E-state index contributed by atoms with van der Waals surface area (Å²) in [6, 6.07) is 0. The van der Waals surface area contributed by atoms with E-state index >= 15 is 0 Å². The second-order valence-electron chi connectivity index (χ2n) is 2.70. The van der Waals surface area contributed by atoms with Crippen LogP contribution in [-0.2, 0) is 0 Å². The zero-order valence-corrected chi connectivity index (χ0v) is 6.34. The van der Waals surface area contributed by atoms with Gasteiger partial charge in [-0.2, -0.15) is 0 Å². The molecule has 1 aliphatic rings.